The van der Waals surface area contributed by atoms with Crippen LogP contribution in [0.25, 0.3) is 0 Å². The molecule has 1 heterocycles. The third kappa shape index (κ3) is 4.13. The number of aryl methyl sites for hydroxylation is 1. The van der Waals surface area contributed by atoms with E-state index in [2.05, 4.69) is 58.2 Å². The van der Waals surface area contributed by atoms with Crippen LogP contribution in [0.5, 0.6) is 0 Å². The largest absolute Gasteiger partial charge is 0.312 e. The zero-order valence-electron chi connectivity index (χ0n) is 13.0. The number of rotatable bonds is 5. The smallest absolute Gasteiger partial charge is 0.0694 e. The van der Waals surface area contributed by atoms with Crippen molar-refractivity contribution in [3.05, 3.63) is 17.5 Å². The van der Waals surface area contributed by atoms with Gasteiger partial charge < -0.3 is 5.32 Å². The maximum Gasteiger partial charge on any atom is 0.0694 e. The maximum absolute atomic E-state index is 4.53. The summed E-state index contributed by atoms with van der Waals surface area (Å²) >= 11 is 0. The molecule has 18 heavy (non-hydrogen) atoms. The lowest BCUT2D eigenvalue weighted by atomic mass is 9.82. The van der Waals surface area contributed by atoms with E-state index in [9.17, 15) is 0 Å². The maximum atomic E-state index is 4.53. The second kappa shape index (κ2) is 5.87. The molecule has 1 aromatic rings. The monoisotopic (exact) mass is 251 g/mol. The number of aromatic nitrogens is 2. The highest BCUT2D eigenvalue weighted by Crippen LogP contribution is 2.24. The molecular formula is C15H29N3. The van der Waals surface area contributed by atoms with Crippen LogP contribution in [-0.4, -0.2) is 16.3 Å². The van der Waals surface area contributed by atoms with Crippen molar-refractivity contribution in [1.82, 2.24) is 15.1 Å². The Kier molecular flexibility index (Phi) is 4.97. The zero-order valence-corrected chi connectivity index (χ0v) is 13.0. The molecule has 104 valence electrons. The summed E-state index contributed by atoms with van der Waals surface area (Å²) in [5.41, 5.74) is 2.91. The second-order valence-electron chi connectivity index (χ2n) is 6.77. The number of nitrogens with zero attached hydrogens (tertiary/aromatic N) is 2. The Morgan fingerprint density at radius 2 is 1.89 bits per heavy atom. The first-order valence-electron chi connectivity index (χ1n) is 6.95. The quantitative estimate of drug-likeness (QED) is 0.870. The molecule has 1 aromatic heterocycles. The van der Waals surface area contributed by atoms with Crippen molar-refractivity contribution in [2.75, 3.05) is 6.54 Å². The van der Waals surface area contributed by atoms with Gasteiger partial charge in [0.1, 0.15) is 0 Å². The molecular weight excluding hydrogens is 222 g/mol. The minimum Gasteiger partial charge on any atom is -0.312 e. The highest BCUT2D eigenvalue weighted by molar-refractivity contribution is 5.19. The summed E-state index contributed by atoms with van der Waals surface area (Å²) in [4.78, 5) is 0. The molecule has 0 spiro atoms. The van der Waals surface area contributed by atoms with E-state index in [4.69, 9.17) is 0 Å². The van der Waals surface area contributed by atoms with Gasteiger partial charge >= 0.3 is 0 Å². The molecule has 0 aromatic carbocycles. The van der Waals surface area contributed by atoms with Crippen LogP contribution in [0.3, 0.4) is 0 Å². The van der Waals surface area contributed by atoms with Crippen LogP contribution < -0.4 is 5.32 Å². The van der Waals surface area contributed by atoms with Gasteiger partial charge in [-0.15, -0.1) is 0 Å². The first-order chi connectivity index (χ1) is 8.21. The van der Waals surface area contributed by atoms with E-state index in [1.165, 1.54) is 11.3 Å². The van der Waals surface area contributed by atoms with Crippen molar-refractivity contribution >= 4 is 0 Å². The lowest BCUT2D eigenvalue weighted by Gasteiger charge is -2.27. The fourth-order valence-electron chi connectivity index (χ4n) is 1.91. The van der Waals surface area contributed by atoms with Gasteiger partial charge in [-0.2, -0.15) is 5.10 Å². The second-order valence-corrected chi connectivity index (χ2v) is 6.77. The van der Waals surface area contributed by atoms with Gasteiger partial charge in [0.25, 0.3) is 0 Å². The van der Waals surface area contributed by atoms with Crippen LogP contribution in [0.1, 0.15) is 58.7 Å². The number of hydrogen-bond donors (Lipinski definition) is 1. The third-order valence-electron chi connectivity index (χ3n) is 3.73. The molecule has 0 amide bonds. The summed E-state index contributed by atoms with van der Waals surface area (Å²) in [7, 11) is 1.99. The third-order valence-corrected chi connectivity index (χ3v) is 3.73. The van der Waals surface area contributed by atoms with Crippen molar-refractivity contribution in [1.29, 1.82) is 0 Å². The Bertz CT molecular complexity index is 372. The van der Waals surface area contributed by atoms with Gasteiger partial charge in [-0.1, -0.05) is 41.5 Å². The minimum absolute atomic E-state index is 0.364. The highest BCUT2D eigenvalue weighted by Gasteiger charge is 2.19. The average Bonchev–Trinajstić information content (AvgIpc) is 2.58. The summed E-state index contributed by atoms with van der Waals surface area (Å²) in [6.45, 7) is 15.6. The van der Waals surface area contributed by atoms with E-state index in [0.29, 0.717) is 17.3 Å². The van der Waals surface area contributed by atoms with Gasteiger partial charge in [-0.3, -0.25) is 4.68 Å². The predicted molar refractivity (Wildman–Crippen MR) is 77.6 cm³/mol. The molecule has 0 saturated carbocycles. The van der Waals surface area contributed by atoms with Gasteiger partial charge in [-0.25, -0.2) is 0 Å². The van der Waals surface area contributed by atoms with Gasteiger partial charge in [0, 0.05) is 25.4 Å². The van der Waals surface area contributed by atoms with E-state index < -0.39 is 0 Å². The lowest BCUT2D eigenvalue weighted by Crippen LogP contribution is -2.29. The van der Waals surface area contributed by atoms with Crippen LogP contribution in [0, 0.1) is 11.3 Å². The van der Waals surface area contributed by atoms with Crippen molar-refractivity contribution in [2.45, 2.75) is 54.0 Å². The Labute approximate surface area is 112 Å². The number of hydrogen-bond acceptors (Lipinski definition) is 2. The van der Waals surface area contributed by atoms with E-state index >= 15 is 0 Å². The average molecular weight is 251 g/mol. The van der Waals surface area contributed by atoms with Crippen molar-refractivity contribution in [2.24, 2.45) is 18.4 Å². The SMILES string of the molecule is CC(C)c1nn(C)cc1CNCC(C)C(C)(C)C. The Hall–Kier alpha value is -0.830. The first-order valence-corrected chi connectivity index (χ1v) is 6.95. The van der Waals surface area contributed by atoms with Crippen LogP contribution in [0.2, 0.25) is 0 Å². The molecule has 1 N–H and O–H groups in total. The molecule has 1 unspecified atom stereocenters. The fraction of sp³-hybridized carbons (Fsp3) is 0.800. The summed E-state index contributed by atoms with van der Waals surface area (Å²) in [5.74, 6) is 1.15. The molecule has 0 aliphatic carbocycles. The van der Waals surface area contributed by atoms with Crippen molar-refractivity contribution in [3.63, 3.8) is 0 Å². The van der Waals surface area contributed by atoms with Crippen molar-refractivity contribution < 1.29 is 0 Å². The molecule has 3 heteroatoms. The Balaban J connectivity index is 2.54. The molecule has 0 fully saturated rings. The molecule has 0 aliphatic heterocycles. The Morgan fingerprint density at radius 3 is 2.39 bits per heavy atom. The summed E-state index contributed by atoms with van der Waals surface area (Å²) in [5, 5.41) is 8.10. The van der Waals surface area contributed by atoms with Crippen LogP contribution in [0.15, 0.2) is 6.20 Å². The summed E-state index contributed by atoms with van der Waals surface area (Å²) in [6, 6.07) is 0. The summed E-state index contributed by atoms with van der Waals surface area (Å²) < 4.78 is 1.92. The van der Waals surface area contributed by atoms with Gasteiger partial charge in [0.15, 0.2) is 0 Å². The molecule has 0 aliphatic rings. The topological polar surface area (TPSA) is 29.9 Å². The molecule has 3 nitrogen and oxygen atoms in total. The molecule has 0 radical (unpaired) electrons. The molecule has 0 saturated heterocycles. The zero-order chi connectivity index (χ0) is 13.9. The molecule has 1 atom stereocenters. The minimum atomic E-state index is 0.364. The standard InChI is InChI=1S/C15H29N3/c1-11(2)14-13(10-18(7)17-14)9-16-8-12(3)15(4,5)6/h10-12,16H,8-9H2,1-7H3. The fourth-order valence-corrected chi connectivity index (χ4v) is 1.91. The summed E-state index contributed by atoms with van der Waals surface area (Å²) in [6.07, 6.45) is 2.13. The van der Waals surface area contributed by atoms with Crippen molar-refractivity contribution in [3.8, 4) is 0 Å². The van der Waals surface area contributed by atoms with Gasteiger partial charge in [0.05, 0.1) is 5.69 Å². The van der Waals surface area contributed by atoms with Crippen LogP contribution in [-0.2, 0) is 13.6 Å². The normalized spacial score (nSPS) is 14.2. The van der Waals surface area contributed by atoms with Gasteiger partial charge in [-0.05, 0) is 23.8 Å². The molecule has 1 rings (SSSR count). The molecule has 0 bridgehead atoms. The first kappa shape index (κ1) is 15.2. The predicted octanol–water partition coefficient (Wildman–Crippen LogP) is 3.32. The van der Waals surface area contributed by atoms with Crippen LogP contribution >= 0.6 is 0 Å². The lowest BCUT2D eigenvalue weighted by molar-refractivity contribution is 0.252. The van der Waals surface area contributed by atoms with Crippen LogP contribution in [0.4, 0.5) is 0 Å². The van der Waals surface area contributed by atoms with Gasteiger partial charge in [0.2, 0.25) is 0 Å². The highest BCUT2D eigenvalue weighted by atomic mass is 15.3. The van der Waals surface area contributed by atoms with E-state index in [-0.39, 0.29) is 0 Å². The Morgan fingerprint density at radius 1 is 1.28 bits per heavy atom. The van der Waals surface area contributed by atoms with E-state index in [1.807, 2.05) is 11.7 Å². The van der Waals surface area contributed by atoms with E-state index in [1.54, 1.807) is 0 Å². The number of nitrogens with one attached hydrogen (secondary N) is 1. The van der Waals surface area contributed by atoms with E-state index in [0.717, 1.165) is 13.1 Å².